The van der Waals surface area contributed by atoms with Crippen LogP contribution in [0, 0.1) is 5.92 Å². The summed E-state index contributed by atoms with van der Waals surface area (Å²) in [5.41, 5.74) is 0. The zero-order chi connectivity index (χ0) is 11.5. The molecule has 92 valence electrons. The molecule has 3 nitrogen and oxygen atoms in total. The van der Waals surface area contributed by atoms with Crippen LogP contribution in [0.5, 0.6) is 0 Å². The lowest BCUT2D eigenvalue weighted by molar-refractivity contribution is -0.138. The minimum atomic E-state index is 0.266. The molecule has 0 aromatic heterocycles. The van der Waals surface area contributed by atoms with Crippen molar-refractivity contribution in [3.8, 4) is 0 Å². The van der Waals surface area contributed by atoms with Gasteiger partial charge < -0.3 is 10.2 Å². The van der Waals surface area contributed by atoms with Gasteiger partial charge in [0.25, 0.3) is 0 Å². The van der Waals surface area contributed by atoms with E-state index in [1.807, 2.05) is 11.8 Å². The van der Waals surface area contributed by atoms with Gasteiger partial charge in [0.05, 0.1) is 0 Å². The molecule has 3 atom stereocenters. The number of nitrogens with zero attached hydrogens (tertiary/aromatic N) is 1. The largest absolute Gasteiger partial charge is 0.338 e. The fourth-order valence-electron chi connectivity index (χ4n) is 2.65. The van der Waals surface area contributed by atoms with Gasteiger partial charge in [0.1, 0.15) is 0 Å². The van der Waals surface area contributed by atoms with E-state index in [-0.39, 0.29) is 5.92 Å². The highest BCUT2D eigenvalue weighted by Gasteiger charge is 2.31. The molecule has 0 aliphatic carbocycles. The maximum atomic E-state index is 12.4. The zero-order valence-corrected chi connectivity index (χ0v) is 11.1. The summed E-state index contributed by atoms with van der Waals surface area (Å²) in [6.45, 7) is 6.29. The topological polar surface area (TPSA) is 32.3 Å². The molecule has 0 aromatic rings. The normalized spacial score (nSPS) is 36.1. The van der Waals surface area contributed by atoms with Crippen LogP contribution >= 0.6 is 11.8 Å². The van der Waals surface area contributed by atoms with E-state index in [4.69, 9.17) is 0 Å². The number of amides is 1. The van der Waals surface area contributed by atoms with E-state index in [0.29, 0.717) is 18.0 Å². The minimum absolute atomic E-state index is 0.266. The molecular weight excluding hydrogens is 220 g/mol. The van der Waals surface area contributed by atoms with Crippen LogP contribution in [0.25, 0.3) is 0 Å². The van der Waals surface area contributed by atoms with Crippen molar-refractivity contribution in [2.75, 3.05) is 24.6 Å². The molecule has 2 aliphatic heterocycles. The Kier molecular flexibility index (Phi) is 4.14. The third-order valence-electron chi connectivity index (χ3n) is 3.62. The molecule has 16 heavy (non-hydrogen) atoms. The summed E-state index contributed by atoms with van der Waals surface area (Å²) >= 11 is 1.97. The molecule has 2 heterocycles. The van der Waals surface area contributed by atoms with Crippen LogP contribution in [0.1, 0.15) is 26.7 Å². The molecule has 3 unspecified atom stereocenters. The van der Waals surface area contributed by atoms with Crippen LogP contribution in [0.2, 0.25) is 0 Å². The Hall–Kier alpha value is -0.220. The predicted molar refractivity (Wildman–Crippen MR) is 68.7 cm³/mol. The van der Waals surface area contributed by atoms with Crippen molar-refractivity contribution in [1.29, 1.82) is 0 Å². The van der Waals surface area contributed by atoms with Gasteiger partial charge >= 0.3 is 0 Å². The highest BCUT2D eigenvalue weighted by Crippen LogP contribution is 2.23. The first-order valence-corrected chi connectivity index (χ1v) is 7.45. The van der Waals surface area contributed by atoms with Crippen molar-refractivity contribution in [3.63, 3.8) is 0 Å². The van der Waals surface area contributed by atoms with Gasteiger partial charge in [-0.2, -0.15) is 11.8 Å². The van der Waals surface area contributed by atoms with Crippen LogP contribution in [-0.4, -0.2) is 47.5 Å². The summed E-state index contributed by atoms with van der Waals surface area (Å²) in [4.78, 5) is 14.5. The number of carbonyl (C=O) groups is 1. The molecule has 0 radical (unpaired) electrons. The molecular formula is C12H22N2OS. The second kappa shape index (κ2) is 5.41. The molecule has 2 rings (SSSR count). The smallest absolute Gasteiger partial charge is 0.226 e. The fraction of sp³-hybridized carbons (Fsp3) is 0.917. The Morgan fingerprint density at radius 3 is 2.94 bits per heavy atom. The lowest BCUT2D eigenvalue weighted by Crippen LogP contribution is -2.50. The number of thioether (sulfide) groups is 1. The van der Waals surface area contributed by atoms with Crippen molar-refractivity contribution >= 4 is 17.7 Å². The molecule has 2 saturated heterocycles. The van der Waals surface area contributed by atoms with Gasteiger partial charge in [0.15, 0.2) is 0 Å². The number of piperidine rings is 1. The van der Waals surface area contributed by atoms with Crippen molar-refractivity contribution in [1.82, 2.24) is 10.2 Å². The van der Waals surface area contributed by atoms with E-state index in [0.717, 1.165) is 37.4 Å². The highest BCUT2D eigenvalue weighted by molar-refractivity contribution is 7.99. The van der Waals surface area contributed by atoms with E-state index in [1.165, 1.54) is 0 Å². The van der Waals surface area contributed by atoms with Gasteiger partial charge in [-0.1, -0.05) is 0 Å². The van der Waals surface area contributed by atoms with Crippen molar-refractivity contribution in [3.05, 3.63) is 0 Å². The van der Waals surface area contributed by atoms with Crippen molar-refractivity contribution in [2.45, 2.75) is 38.8 Å². The van der Waals surface area contributed by atoms with Crippen LogP contribution < -0.4 is 5.32 Å². The van der Waals surface area contributed by atoms with Gasteiger partial charge in [-0.3, -0.25) is 4.79 Å². The average Bonchev–Trinajstić information content (AvgIpc) is 2.29. The molecule has 2 fully saturated rings. The monoisotopic (exact) mass is 242 g/mol. The first-order valence-electron chi connectivity index (χ1n) is 6.30. The van der Waals surface area contributed by atoms with E-state index >= 15 is 0 Å². The summed E-state index contributed by atoms with van der Waals surface area (Å²) in [6.07, 6.45) is 2.02. The van der Waals surface area contributed by atoms with E-state index < -0.39 is 0 Å². The maximum absolute atomic E-state index is 12.4. The highest BCUT2D eigenvalue weighted by atomic mass is 32.2. The second-order valence-corrected chi connectivity index (χ2v) is 6.18. The summed E-state index contributed by atoms with van der Waals surface area (Å²) in [7, 11) is 0. The Morgan fingerprint density at radius 1 is 1.44 bits per heavy atom. The van der Waals surface area contributed by atoms with Gasteiger partial charge in [-0.05, 0) is 33.2 Å². The van der Waals surface area contributed by atoms with Gasteiger partial charge in [-0.25, -0.2) is 0 Å². The van der Waals surface area contributed by atoms with Crippen LogP contribution in [0.15, 0.2) is 0 Å². The maximum Gasteiger partial charge on any atom is 0.226 e. The van der Waals surface area contributed by atoms with Gasteiger partial charge in [0.2, 0.25) is 5.91 Å². The standard InChI is InChI=1S/C12H22N2OS/c1-9-7-11(3-4-13-9)12(15)14-5-6-16-8-10(14)2/h9-11,13H,3-8H2,1-2H3. The number of rotatable bonds is 1. The number of hydrogen-bond acceptors (Lipinski definition) is 3. The average molecular weight is 242 g/mol. The Balaban J connectivity index is 1.94. The van der Waals surface area contributed by atoms with Crippen LogP contribution in [0.3, 0.4) is 0 Å². The van der Waals surface area contributed by atoms with E-state index in [9.17, 15) is 4.79 Å². The molecule has 2 aliphatic rings. The summed E-state index contributed by atoms with van der Waals surface area (Å²) in [5, 5.41) is 3.41. The summed E-state index contributed by atoms with van der Waals surface area (Å²) < 4.78 is 0. The molecule has 0 saturated carbocycles. The van der Waals surface area contributed by atoms with Gasteiger partial charge in [-0.15, -0.1) is 0 Å². The lowest BCUT2D eigenvalue weighted by atomic mass is 9.91. The molecule has 1 N–H and O–H groups in total. The van der Waals surface area contributed by atoms with Crippen molar-refractivity contribution < 1.29 is 4.79 Å². The van der Waals surface area contributed by atoms with Crippen molar-refractivity contribution in [2.24, 2.45) is 5.92 Å². The number of nitrogens with one attached hydrogen (secondary N) is 1. The molecule has 0 aromatic carbocycles. The first-order chi connectivity index (χ1) is 7.68. The SMILES string of the molecule is CC1CC(C(=O)N2CCSCC2C)CCN1. The van der Waals surface area contributed by atoms with Gasteiger partial charge in [0, 0.05) is 36.1 Å². The Morgan fingerprint density at radius 2 is 2.25 bits per heavy atom. The van der Waals surface area contributed by atoms with E-state index in [1.54, 1.807) is 0 Å². The zero-order valence-electron chi connectivity index (χ0n) is 10.2. The van der Waals surface area contributed by atoms with Crippen LogP contribution in [-0.2, 0) is 4.79 Å². The predicted octanol–water partition coefficient (Wildman–Crippen LogP) is 1.34. The third-order valence-corrected chi connectivity index (χ3v) is 4.81. The molecule has 0 bridgehead atoms. The Labute approximate surface area is 102 Å². The quantitative estimate of drug-likeness (QED) is 0.753. The second-order valence-electron chi connectivity index (χ2n) is 5.03. The van der Waals surface area contributed by atoms with Crippen LogP contribution in [0.4, 0.5) is 0 Å². The molecule has 1 amide bonds. The number of carbonyl (C=O) groups excluding carboxylic acids is 1. The lowest BCUT2D eigenvalue weighted by Gasteiger charge is -2.37. The first kappa shape index (κ1) is 12.2. The summed E-state index contributed by atoms with van der Waals surface area (Å²) in [6, 6.07) is 0.925. The third kappa shape index (κ3) is 2.72. The number of hydrogen-bond donors (Lipinski definition) is 1. The molecule has 4 heteroatoms. The minimum Gasteiger partial charge on any atom is -0.338 e. The van der Waals surface area contributed by atoms with E-state index in [2.05, 4.69) is 24.1 Å². The molecule has 0 spiro atoms. The summed E-state index contributed by atoms with van der Waals surface area (Å²) in [5.74, 6) is 2.88. The Bertz CT molecular complexity index is 259. The fourth-order valence-corrected chi connectivity index (χ4v) is 3.66.